The van der Waals surface area contributed by atoms with Crippen LogP contribution in [0.5, 0.6) is 0 Å². The first kappa shape index (κ1) is 10.8. The maximum atomic E-state index is 11.9. The summed E-state index contributed by atoms with van der Waals surface area (Å²) in [6.45, 7) is 0. The van der Waals surface area contributed by atoms with Crippen molar-refractivity contribution in [2.75, 3.05) is 0 Å². The summed E-state index contributed by atoms with van der Waals surface area (Å²) < 4.78 is 35.8. The highest BCUT2D eigenvalue weighted by Crippen LogP contribution is 2.26. The molecule has 0 spiro atoms. The molecule has 0 radical (unpaired) electrons. The summed E-state index contributed by atoms with van der Waals surface area (Å²) >= 11 is 0. The summed E-state index contributed by atoms with van der Waals surface area (Å²) in [5, 5.41) is 0. The molecule has 0 saturated carbocycles. The molecule has 0 aliphatic heterocycles. The lowest BCUT2D eigenvalue weighted by molar-refractivity contribution is -0.138. The monoisotopic (exact) mass is 206 g/mol. The largest absolute Gasteiger partial charge is 0.390 e. The van der Waals surface area contributed by atoms with Gasteiger partial charge in [-0.05, 0) is 5.56 Å². The van der Waals surface area contributed by atoms with Gasteiger partial charge in [-0.1, -0.05) is 6.07 Å². The van der Waals surface area contributed by atoms with E-state index in [2.05, 4.69) is 4.98 Å². The number of nitrogens with one attached hydrogen (secondary N) is 1. The molecule has 0 aromatic carbocycles. The lowest BCUT2D eigenvalue weighted by Gasteiger charge is -2.13. The molecule has 0 fully saturated rings. The molecule has 1 aromatic rings. The van der Waals surface area contributed by atoms with E-state index in [0.717, 1.165) is 6.07 Å². The third-order valence-electron chi connectivity index (χ3n) is 1.69. The van der Waals surface area contributed by atoms with Crippen molar-refractivity contribution in [3.8, 4) is 0 Å². The Bertz CT molecular complexity index is 338. The SMILES string of the molecule is N[C@@H](CC(F)(F)F)c1ccc(=O)[nH]c1. The van der Waals surface area contributed by atoms with E-state index >= 15 is 0 Å². The van der Waals surface area contributed by atoms with Gasteiger partial charge in [-0.15, -0.1) is 0 Å². The topological polar surface area (TPSA) is 58.9 Å². The number of rotatable bonds is 2. The first-order chi connectivity index (χ1) is 6.38. The standard InChI is InChI=1S/C8H9F3N2O/c9-8(10,11)3-6(12)5-1-2-7(14)13-4-5/h1-2,4,6H,3,12H2,(H,13,14)/t6-/m0/s1. The number of pyridine rings is 1. The van der Waals surface area contributed by atoms with Crippen molar-refractivity contribution in [1.82, 2.24) is 4.98 Å². The minimum absolute atomic E-state index is 0.266. The van der Waals surface area contributed by atoms with Crippen molar-refractivity contribution in [2.45, 2.75) is 18.6 Å². The van der Waals surface area contributed by atoms with Gasteiger partial charge in [-0.25, -0.2) is 0 Å². The number of halogens is 3. The summed E-state index contributed by atoms with van der Waals surface area (Å²) in [6.07, 6.45) is -4.20. The fourth-order valence-corrected chi connectivity index (χ4v) is 1.02. The van der Waals surface area contributed by atoms with Gasteiger partial charge in [0.15, 0.2) is 0 Å². The van der Waals surface area contributed by atoms with Gasteiger partial charge in [0, 0.05) is 18.3 Å². The zero-order chi connectivity index (χ0) is 10.8. The molecule has 0 unspecified atom stereocenters. The molecular weight excluding hydrogens is 197 g/mol. The minimum Gasteiger partial charge on any atom is -0.329 e. The second kappa shape index (κ2) is 3.83. The molecule has 0 bridgehead atoms. The molecule has 1 heterocycles. The van der Waals surface area contributed by atoms with Gasteiger partial charge in [0.05, 0.1) is 6.42 Å². The number of hydrogen-bond donors (Lipinski definition) is 2. The van der Waals surface area contributed by atoms with E-state index < -0.39 is 18.6 Å². The van der Waals surface area contributed by atoms with Crippen LogP contribution in [0.25, 0.3) is 0 Å². The van der Waals surface area contributed by atoms with Gasteiger partial charge in [0.2, 0.25) is 5.56 Å². The molecule has 0 aliphatic carbocycles. The highest BCUT2D eigenvalue weighted by Gasteiger charge is 2.30. The van der Waals surface area contributed by atoms with Crippen LogP contribution in [0.3, 0.4) is 0 Å². The molecule has 0 amide bonds. The summed E-state index contributed by atoms with van der Waals surface area (Å²) in [7, 11) is 0. The van der Waals surface area contributed by atoms with Gasteiger partial charge >= 0.3 is 6.18 Å². The first-order valence-corrected chi connectivity index (χ1v) is 3.89. The van der Waals surface area contributed by atoms with Gasteiger partial charge < -0.3 is 10.7 Å². The summed E-state index contributed by atoms with van der Waals surface area (Å²) in [5.41, 5.74) is 5.19. The van der Waals surface area contributed by atoms with Crippen LogP contribution >= 0.6 is 0 Å². The molecule has 14 heavy (non-hydrogen) atoms. The van der Waals surface area contributed by atoms with Crippen LogP contribution in [0.1, 0.15) is 18.0 Å². The summed E-state index contributed by atoms with van der Waals surface area (Å²) in [6, 6.07) is 1.30. The van der Waals surface area contributed by atoms with E-state index in [-0.39, 0.29) is 11.1 Å². The Kier molecular flexibility index (Phi) is 2.95. The van der Waals surface area contributed by atoms with Crippen molar-refractivity contribution in [3.63, 3.8) is 0 Å². The summed E-state index contributed by atoms with van der Waals surface area (Å²) in [4.78, 5) is 12.9. The predicted molar refractivity (Wildman–Crippen MR) is 44.7 cm³/mol. The molecular formula is C8H9F3N2O. The molecule has 1 aromatic heterocycles. The second-order valence-corrected chi connectivity index (χ2v) is 2.91. The van der Waals surface area contributed by atoms with Crippen molar-refractivity contribution in [2.24, 2.45) is 5.73 Å². The van der Waals surface area contributed by atoms with Crippen LogP contribution in [0, 0.1) is 0 Å². The molecule has 0 aliphatic rings. The van der Waals surface area contributed by atoms with Crippen molar-refractivity contribution in [1.29, 1.82) is 0 Å². The average Bonchev–Trinajstić information content (AvgIpc) is 2.02. The Labute approximate surface area is 77.7 Å². The van der Waals surface area contributed by atoms with Crippen LogP contribution in [0.2, 0.25) is 0 Å². The number of aromatic nitrogens is 1. The van der Waals surface area contributed by atoms with E-state index in [4.69, 9.17) is 5.73 Å². The lowest BCUT2D eigenvalue weighted by atomic mass is 10.1. The van der Waals surface area contributed by atoms with Crippen LogP contribution < -0.4 is 11.3 Å². The van der Waals surface area contributed by atoms with Gasteiger partial charge in [0.1, 0.15) is 0 Å². The van der Waals surface area contributed by atoms with Crippen molar-refractivity contribution in [3.05, 3.63) is 34.2 Å². The average molecular weight is 206 g/mol. The predicted octanol–water partition coefficient (Wildman–Crippen LogP) is 1.33. The smallest absolute Gasteiger partial charge is 0.329 e. The molecule has 3 nitrogen and oxygen atoms in total. The number of aromatic amines is 1. The Balaban J connectivity index is 2.75. The van der Waals surface area contributed by atoms with Crippen molar-refractivity contribution < 1.29 is 13.2 Å². The minimum atomic E-state index is -4.30. The number of alkyl halides is 3. The first-order valence-electron chi connectivity index (χ1n) is 3.89. The Morgan fingerprint density at radius 2 is 2.07 bits per heavy atom. The van der Waals surface area contributed by atoms with Crippen molar-refractivity contribution >= 4 is 0 Å². The van der Waals surface area contributed by atoms with E-state index in [0.29, 0.717) is 0 Å². The van der Waals surface area contributed by atoms with Crippen LogP contribution in [0.4, 0.5) is 13.2 Å². The molecule has 3 N–H and O–H groups in total. The van der Waals surface area contributed by atoms with Gasteiger partial charge in [-0.2, -0.15) is 13.2 Å². The lowest BCUT2D eigenvalue weighted by Crippen LogP contribution is -2.21. The van der Waals surface area contributed by atoms with Crippen LogP contribution in [-0.2, 0) is 0 Å². The highest BCUT2D eigenvalue weighted by atomic mass is 19.4. The Hall–Kier alpha value is -1.30. The highest BCUT2D eigenvalue weighted by molar-refractivity contribution is 5.13. The second-order valence-electron chi connectivity index (χ2n) is 2.91. The van der Waals surface area contributed by atoms with Gasteiger partial charge in [0.25, 0.3) is 0 Å². The quantitative estimate of drug-likeness (QED) is 0.766. The van der Waals surface area contributed by atoms with E-state index in [1.54, 1.807) is 0 Å². The fraction of sp³-hybridized carbons (Fsp3) is 0.375. The number of H-pyrrole nitrogens is 1. The zero-order valence-electron chi connectivity index (χ0n) is 7.14. The van der Waals surface area contributed by atoms with E-state index in [1.807, 2.05) is 0 Å². The third kappa shape index (κ3) is 3.21. The maximum absolute atomic E-state index is 11.9. The van der Waals surface area contributed by atoms with E-state index in [9.17, 15) is 18.0 Å². The molecule has 0 saturated heterocycles. The Morgan fingerprint density at radius 3 is 2.50 bits per heavy atom. The maximum Gasteiger partial charge on any atom is 0.390 e. The Morgan fingerprint density at radius 1 is 1.43 bits per heavy atom. The van der Waals surface area contributed by atoms with Crippen LogP contribution in [0.15, 0.2) is 23.1 Å². The molecule has 1 atom stereocenters. The normalized spacial score (nSPS) is 14.0. The number of nitrogens with two attached hydrogens (primary N) is 1. The number of hydrogen-bond acceptors (Lipinski definition) is 2. The molecule has 78 valence electrons. The van der Waals surface area contributed by atoms with Crippen LogP contribution in [-0.4, -0.2) is 11.2 Å². The summed E-state index contributed by atoms with van der Waals surface area (Å²) in [5.74, 6) is 0. The third-order valence-corrected chi connectivity index (χ3v) is 1.69. The van der Waals surface area contributed by atoms with E-state index in [1.165, 1.54) is 12.3 Å². The zero-order valence-corrected chi connectivity index (χ0v) is 7.14. The van der Waals surface area contributed by atoms with Gasteiger partial charge in [-0.3, -0.25) is 4.79 Å². The molecule has 1 rings (SSSR count). The molecule has 6 heteroatoms. The fourth-order valence-electron chi connectivity index (χ4n) is 1.02.